The number of aromatic nitrogens is 1. The molecule has 2 aromatic heterocycles. The molecule has 3 aromatic rings. The molecule has 0 saturated carbocycles. The molecular formula is C15H13N2O2-. The van der Waals surface area contributed by atoms with E-state index >= 15 is 0 Å². The van der Waals surface area contributed by atoms with Crippen molar-refractivity contribution in [3.63, 3.8) is 0 Å². The molecule has 96 valence electrons. The van der Waals surface area contributed by atoms with Gasteiger partial charge in [0.15, 0.2) is 0 Å². The summed E-state index contributed by atoms with van der Waals surface area (Å²) in [6.45, 7) is 2.05. The van der Waals surface area contributed by atoms with E-state index in [0.717, 1.165) is 16.6 Å². The molecule has 1 aromatic carbocycles. The lowest BCUT2D eigenvalue weighted by Gasteiger charge is -2.21. The average Bonchev–Trinajstić information content (AvgIpc) is 2.81. The van der Waals surface area contributed by atoms with E-state index in [2.05, 4.69) is 12.1 Å². The van der Waals surface area contributed by atoms with Crippen molar-refractivity contribution in [2.24, 2.45) is 0 Å². The van der Waals surface area contributed by atoms with Crippen molar-refractivity contribution in [3.05, 3.63) is 65.6 Å². The van der Waals surface area contributed by atoms with E-state index < -0.39 is 0 Å². The summed E-state index contributed by atoms with van der Waals surface area (Å²) < 4.78 is 2.03. The molecule has 0 amide bonds. The van der Waals surface area contributed by atoms with Gasteiger partial charge < -0.3 is 14.8 Å². The molecule has 4 nitrogen and oxygen atoms in total. The second-order valence-electron chi connectivity index (χ2n) is 4.59. The van der Waals surface area contributed by atoms with Gasteiger partial charge in [-0.15, -0.1) is 0 Å². The fraction of sp³-hybridized carbons (Fsp3) is 0.0667. The van der Waals surface area contributed by atoms with E-state index in [-0.39, 0.29) is 10.9 Å². The standard InChI is InChI=1S/C15H13N2O2/c1-11-5-6-16-10-13(9-15(16)7-11)12-3-2-4-14(8-12)17(18)19/h2-10,18H,1H3/q-1. The smallest absolute Gasteiger partial charge is 0.0514 e. The summed E-state index contributed by atoms with van der Waals surface area (Å²) in [5, 5.41) is 19.7. The predicted octanol–water partition coefficient (Wildman–Crippen LogP) is 3.61. The van der Waals surface area contributed by atoms with Gasteiger partial charge in [0.25, 0.3) is 0 Å². The minimum Gasteiger partial charge on any atom is -0.733 e. The first-order chi connectivity index (χ1) is 9.13. The Morgan fingerprint density at radius 1 is 1.11 bits per heavy atom. The highest BCUT2D eigenvalue weighted by Crippen LogP contribution is 2.26. The zero-order chi connectivity index (χ0) is 13.4. The zero-order valence-electron chi connectivity index (χ0n) is 10.4. The van der Waals surface area contributed by atoms with E-state index in [1.165, 1.54) is 5.56 Å². The summed E-state index contributed by atoms with van der Waals surface area (Å²) >= 11 is 0. The number of rotatable bonds is 2. The van der Waals surface area contributed by atoms with Crippen LogP contribution in [0.2, 0.25) is 0 Å². The summed E-state index contributed by atoms with van der Waals surface area (Å²) in [4.78, 5) is 0. The van der Waals surface area contributed by atoms with Crippen molar-refractivity contribution < 1.29 is 5.21 Å². The van der Waals surface area contributed by atoms with Crippen molar-refractivity contribution in [1.82, 2.24) is 4.40 Å². The van der Waals surface area contributed by atoms with Gasteiger partial charge in [-0.2, -0.15) is 0 Å². The van der Waals surface area contributed by atoms with Crippen LogP contribution in [-0.2, 0) is 0 Å². The van der Waals surface area contributed by atoms with E-state index in [1.807, 2.05) is 35.9 Å². The van der Waals surface area contributed by atoms with Gasteiger partial charge in [-0.25, -0.2) is 0 Å². The maximum Gasteiger partial charge on any atom is 0.0514 e. The lowest BCUT2D eigenvalue weighted by Crippen LogP contribution is -2.06. The third-order valence-electron chi connectivity index (χ3n) is 3.15. The largest absolute Gasteiger partial charge is 0.733 e. The molecular weight excluding hydrogens is 240 g/mol. The van der Waals surface area contributed by atoms with Gasteiger partial charge in [0.2, 0.25) is 0 Å². The fourth-order valence-corrected chi connectivity index (χ4v) is 2.18. The van der Waals surface area contributed by atoms with Gasteiger partial charge in [0.05, 0.1) is 5.69 Å². The quantitative estimate of drug-likeness (QED) is 0.710. The Morgan fingerprint density at radius 3 is 2.74 bits per heavy atom. The van der Waals surface area contributed by atoms with Gasteiger partial charge in [-0.05, 0) is 48.4 Å². The third-order valence-corrected chi connectivity index (χ3v) is 3.15. The molecule has 0 fully saturated rings. The van der Waals surface area contributed by atoms with Crippen LogP contribution in [0.15, 0.2) is 54.9 Å². The van der Waals surface area contributed by atoms with Gasteiger partial charge in [0, 0.05) is 23.5 Å². The number of hydrogen-bond donors (Lipinski definition) is 1. The maximum atomic E-state index is 10.9. The Hall–Kier alpha value is -2.30. The molecule has 19 heavy (non-hydrogen) atoms. The van der Waals surface area contributed by atoms with Crippen LogP contribution < -0.4 is 5.23 Å². The monoisotopic (exact) mass is 253 g/mol. The van der Waals surface area contributed by atoms with E-state index in [4.69, 9.17) is 5.21 Å². The fourth-order valence-electron chi connectivity index (χ4n) is 2.18. The van der Waals surface area contributed by atoms with Crippen LogP contribution >= 0.6 is 0 Å². The van der Waals surface area contributed by atoms with E-state index in [9.17, 15) is 5.21 Å². The van der Waals surface area contributed by atoms with Crippen LogP contribution in [0.3, 0.4) is 0 Å². The zero-order valence-corrected chi connectivity index (χ0v) is 10.4. The summed E-state index contributed by atoms with van der Waals surface area (Å²) in [5.74, 6) is 0. The lowest BCUT2D eigenvalue weighted by atomic mass is 10.1. The summed E-state index contributed by atoms with van der Waals surface area (Å²) in [5.41, 5.74) is 4.43. The molecule has 0 atom stereocenters. The molecule has 0 unspecified atom stereocenters. The Balaban J connectivity index is 2.11. The first-order valence-corrected chi connectivity index (χ1v) is 5.98. The number of nitrogens with zero attached hydrogens (tertiary/aromatic N) is 2. The van der Waals surface area contributed by atoms with Crippen LogP contribution in [0.1, 0.15) is 5.56 Å². The first kappa shape index (κ1) is 11.8. The van der Waals surface area contributed by atoms with Gasteiger partial charge >= 0.3 is 0 Å². The summed E-state index contributed by atoms with van der Waals surface area (Å²) in [7, 11) is 0. The second kappa shape index (κ2) is 4.42. The summed E-state index contributed by atoms with van der Waals surface area (Å²) in [6, 6.07) is 13.1. The Kier molecular flexibility index (Phi) is 2.74. The number of benzene rings is 1. The Morgan fingerprint density at radius 2 is 1.95 bits per heavy atom. The SMILES string of the molecule is Cc1ccn2cc(-c3cccc(N([O-])O)c3)cc2c1. The summed E-state index contributed by atoms with van der Waals surface area (Å²) in [6.07, 6.45) is 4.00. The molecule has 0 aliphatic carbocycles. The highest BCUT2D eigenvalue weighted by Gasteiger charge is 2.04. The maximum absolute atomic E-state index is 10.9. The highest BCUT2D eigenvalue weighted by molar-refractivity contribution is 5.73. The molecule has 0 bridgehead atoms. The van der Waals surface area contributed by atoms with Crippen molar-refractivity contribution in [2.45, 2.75) is 6.92 Å². The number of anilines is 1. The normalized spacial score (nSPS) is 10.9. The second-order valence-corrected chi connectivity index (χ2v) is 4.59. The van der Waals surface area contributed by atoms with Gasteiger partial charge in [0.1, 0.15) is 0 Å². The van der Waals surface area contributed by atoms with E-state index in [1.54, 1.807) is 18.2 Å². The van der Waals surface area contributed by atoms with Gasteiger partial charge in [-0.3, -0.25) is 5.21 Å². The molecule has 0 spiro atoms. The van der Waals surface area contributed by atoms with Crippen molar-refractivity contribution >= 4 is 11.2 Å². The average molecular weight is 253 g/mol. The lowest BCUT2D eigenvalue weighted by molar-refractivity contribution is 0.296. The third kappa shape index (κ3) is 2.19. The number of hydrogen-bond acceptors (Lipinski definition) is 3. The van der Waals surface area contributed by atoms with Crippen LogP contribution in [0.5, 0.6) is 0 Å². The minimum atomic E-state index is -0.122. The number of pyridine rings is 1. The molecule has 0 aliphatic heterocycles. The Labute approximate surface area is 110 Å². The van der Waals surface area contributed by atoms with Crippen LogP contribution in [0.4, 0.5) is 5.69 Å². The molecule has 0 saturated heterocycles. The molecule has 3 rings (SSSR count). The van der Waals surface area contributed by atoms with E-state index in [0.29, 0.717) is 0 Å². The predicted molar refractivity (Wildman–Crippen MR) is 75.2 cm³/mol. The minimum absolute atomic E-state index is 0.122. The Bertz CT molecular complexity index is 732. The number of aryl methyl sites for hydroxylation is 1. The van der Waals surface area contributed by atoms with Crippen molar-refractivity contribution in [1.29, 1.82) is 0 Å². The molecule has 1 N–H and O–H groups in total. The first-order valence-electron chi connectivity index (χ1n) is 5.98. The van der Waals surface area contributed by atoms with Gasteiger partial charge in [-0.1, -0.05) is 12.1 Å². The van der Waals surface area contributed by atoms with Crippen molar-refractivity contribution in [3.8, 4) is 11.1 Å². The highest BCUT2D eigenvalue weighted by atomic mass is 16.8. The molecule has 4 heteroatoms. The van der Waals surface area contributed by atoms with Crippen LogP contribution in [0.25, 0.3) is 16.6 Å². The van der Waals surface area contributed by atoms with Crippen molar-refractivity contribution in [2.75, 3.05) is 5.23 Å². The number of fused-ring (bicyclic) bond motifs is 1. The van der Waals surface area contributed by atoms with Crippen LogP contribution in [0, 0.1) is 12.1 Å². The molecule has 0 radical (unpaired) electrons. The molecule has 0 aliphatic rings. The topological polar surface area (TPSA) is 50.9 Å². The molecule has 2 heterocycles. The van der Waals surface area contributed by atoms with Crippen LogP contribution in [-0.4, -0.2) is 9.61 Å².